The van der Waals surface area contributed by atoms with E-state index in [0.717, 1.165) is 15.6 Å². The second kappa shape index (κ2) is 5.50. The molecular weight excluding hydrogens is 274 g/mol. The third-order valence-electron chi connectivity index (χ3n) is 3.08. The number of nitrogens with two attached hydrogens (primary N) is 1. The number of rotatable bonds is 3. The molecular formula is C14H17N3O2S. The first kappa shape index (κ1) is 14.3. The zero-order valence-electron chi connectivity index (χ0n) is 11.6. The lowest BCUT2D eigenvalue weighted by atomic mass is 10.1. The molecule has 5 nitrogen and oxygen atoms in total. The van der Waals surface area contributed by atoms with Crippen molar-refractivity contribution in [3.05, 3.63) is 28.6 Å². The van der Waals surface area contributed by atoms with Crippen LogP contribution in [-0.2, 0) is 4.79 Å². The van der Waals surface area contributed by atoms with Crippen molar-refractivity contribution < 1.29 is 9.59 Å². The summed E-state index contributed by atoms with van der Waals surface area (Å²) < 4.78 is 0.964. The van der Waals surface area contributed by atoms with E-state index in [2.05, 4.69) is 10.6 Å². The number of amides is 2. The molecule has 1 aromatic heterocycles. The largest absolute Gasteiger partial charge is 0.397 e. The molecule has 20 heavy (non-hydrogen) atoms. The van der Waals surface area contributed by atoms with E-state index in [1.54, 1.807) is 6.92 Å². The SMILES string of the molecule is CNC(=O)C(C)NC(=O)c1sc2ccc(C)cc2c1N. The Kier molecular flexibility index (Phi) is 3.94. The normalized spacial score (nSPS) is 12.2. The Balaban J connectivity index is 2.31. The van der Waals surface area contributed by atoms with Gasteiger partial charge in [-0.25, -0.2) is 0 Å². The lowest BCUT2D eigenvalue weighted by molar-refractivity contribution is -0.122. The highest BCUT2D eigenvalue weighted by Gasteiger charge is 2.20. The van der Waals surface area contributed by atoms with E-state index in [9.17, 15) is 9.59 Å². The zero-order chi connectivity index (χ0) is 14.9. The highest BCUT2D eigenvalue weighted by Crippen LogP contribution is 2.34. The minimum atomic E-state index is -0.598. The van der Waals surface area contributed by atoms with Crippen LogP contribution in [0.25, 0.3) is 10.1 Å². The third kappa shape index (κ3) is 2.60. The predicted molar refractivity (Wildman–Crippen MR) is 82.0 cm³/mol. The summed E-state index contributed by atoms with van der Waals surface area (Å²) in [4.78, 5) is 24.1. The fourth-order valence-electron chi connectivity index (χ4n) is 1.94. The van der Waals surface area contributed by atoms with Crippen molar-refractivity contribution in [3.63, 3.8) is 0 Å². The molecule has 2 aromatic rings. The van der Waals surface area contributed by atoms with Gasteiger partial charge >= 0.3 is 0 Å². The first-order chi connectivity index (χ1) is 9.43. The van der Waals surface area contributed by atoms with E-state index in [4.69, 9.17) is 5.73 Å². The van der Waals surface area contributed by atoms with Crippen molar-refractivity contribution in [2.24, 2.45) is 0 Å². The lowest BCUT2D eigenvalue weighted by Gasteiger charge is -2.11. The maximum Gasteiger partial charge on any atom is 0.264 e. The summed E-state index contributed by atoms with van der Waals surface area (Å²) in [7, 11) is 1.53. The minimum Gasteiger partial charge on any atom is -0.397 e. The van der Waals surface area contributed by atoms with Crippen LogP contribution in [-0.4, -0.2) is 24.9 Å². The second-order valence-corrected chi connectivity index (χ2v) is 5.71. The van der Waals surface area contributed by atoms with Gasteiger partial charge in [0.2, 0.25) is 5.91 Å². The van der Waals surface area contributed by atoms with Crippen LogP contribution in [0, 0.1) is 6.92 Å². The van der Waals surface area contributed by atoms with Crippen LogP contribution in [0.1, 0.15) is 22.2 Å². The van der Waals surface area contributed by atoms with Crippen molar-refractivity contribution in [2.45, 2.75) is 19.9 Å². The molecule has 0 saturated heterocycles. The number of carbonyl (C=O) groups is 2. The van der Waals surface area contributed by atoms with Crippen LogP contribution in [0.4, 0.5) is 5.69 Å². The van der Waals surface area contributed by atoms with Crippen molar-refractivity contribution in [3.8, 4) is 0 Å². The van der Waals surface area contributed by atoms with Gasteiger partial charge in [0.25, 0.3) is 5.91 Å². The molecule has 0 aliphatic heterocycles. The van der Waals surface area contributed by atoms with Gasteiger partial charge in [0, 0.05) is 17.1 Å². The number of carbonyl (C=O) groups excluding carboxylic acids is 2. The molecule has 1 heterocycles. The molecule has 0 aliphatic rings. The van der Waals surface area contributed by atoms with E-state index in [0.29, 0.717) is 10.6 Å². The number of hydrogen-bond acceptors (Lipinski definition) is 4. The fourth-order valence-corrected chi connectivity index (χ4v) is 2.95. The molecule has 106 valence electrons. The molecule has 0 spiro atoms. The van der Waals surface area contributed by atoms with Crippen molar-refractivity contribution in [2.75, 3.05) is 12.8 Å². The number of anilines is 1. The van der Waals surface area contributed by atoms with E-state index in [1.165, 1.54) is 18.4 Å². The molecule has 0 bridgehead atoms. The van der Waals surface area contributed by atoms with E-state index >= 15 is 0 Å². The van der Waals surface area contributed by atoms with Gasteiger partial charge in [0.1, 0.15) is 10.9 Å². The monoisotopic (exact) mass is 291 g/mol. The summed E-state index contributed by atoms with van der Waals surface area (Å²) in [6, 6.07) is 5.29. The van der Waals surface area contributed by atoms with Crippen LogP contribution in [0.3, 0.4) is 0 Å². The molecule has 0 radical (unpaired) electrons. The number of benzene rings is 1. The number of aryl methyl sites for hydroxylation is 1. The smallest absolute Gasteiger partial charge is 0.264 e. The van der Waals surface area contributed by atoms with E-state index in [1.807, 2.05) is 25.1 Å². The van der Waals surface area contributed by atoms with Gasteiger partial charge in [0.15, 0.2) is 0 Å². The van der Waals surface area contributed by atoms with Crippen LogP contribution in [0.15, 0.2) is 18.2 Å². The second-order valence-electron chi connectivity index (χ2n) is 4.65. The van der Waals surface area contributed by atoms with Crippen molar-refractivity contribution >= 4 is 38.9 Å². The van der Waals surface area contributed by atoms with E-state index < -0.39 is 6.04 Å². The lowest BCUT2D eigenvalue weighted by Crippen LogP contribution is -2.43. The van der Waals surface area contributed by atoms with Crippen LogP contribution < -0.4 is 16.4 Å². The fraction of sp³-hybridized carbons (Fsp3) is 0.286. The first-order valence-electron chi connectivity index (χ1n) is 6.25. The Hall–Kier alpha value is -2.08. The predicted octanol–water partition coefficient (Wildman–Crippen LogP) is 1.66. The number of likely N-dealkylation sites (N-methyl/N-ethyl adjacent to an activating group) is 1. The van der Waals surface area contributed by atoms with Gasteiger partial charge in [-0.2, -0.15) is 0 Å². The number of nitrogens with one attached hydrogen (secondary N) is 2. The zero-order valence-corrected chi connectivity index (χ0v) is 12.4. The third-order valence-corrected chi connectivity index (χ3v) is 4.26. The molecule has 1 unspecified atom stereocenters. The Morgan fingerprint density at radius 2 is 2.05 bits per heavy atom. The molecule has 0 saturated carbocycles. The quantitative estimate of drug-likeness (QED) is 0.804. The highest BCUT2D eigenvalue weighted by molar-refractivity contribution is 7.21. The van der Waals surface area contributed by atoms with E-state index in [-0.39, 0.29) is 11.8 Å². The average molecular weight is 291 g/mol. The topological polar surface area (TPSA) is 84.2 Å². The van der Waals surface area contributed by atoms with Crippen molar-refractivity contribution in [1.29, 1.82) is 0 Å². The Morgan fingerprint density at radius 3 is 2.70 bits per heavy atom. The first-order valence-corrected chi connectivity index (χ1v) is 7.06. The summed E-state index contributed by atoms with van der Waals surface area (Å²) in [6.07, 6.45) is 0. The summed E-state index contributed by atoms with van der Waals surface area (Å²) in [5.41, 5.74) is 7.60. The van der Waals surface area contributed by atoms with Gasteiger partial charge in [0.05, 0.1) is 5.69 Å². The molecule has 6 heteroatoms. The Labute approximate surface area is 121 Å². The number of thiophene rings is 1. The van der Waals surface area contributed by atoms with Crippen LogP contribution in [0.2, 0.25) is 0 Å². The molecule has 4 N–H and O–H groups in total. The molecule has 0 aliphatic carbocycles. The number of hydrogen-bond donors (Lipinski definition) is 3. The van der Waals surface area contributed by atoms with Gasteiger partial charge in [-0.15, -0.1) is 11.3 Å². The standard InChI is InChI=1S/C14H17N3O2S/c1-7-4-5-10-9(6-7)11(15)12(20-10)14(19)17-8(2)13(18)16-3/h4-6,8H,15H2,1-3H3,(H,16,18)(H,17,19). The van der Waals surface area contributed by atoms with Crippen LogP contribution in [0.5, 0.6) is 0 Å². The summed E-state index contributed by atoms with van der Waals surface area (Å²) in [5, 5.41) is 6.01. The Morgan fingerprint density at radius 1 is 1.35 bits per heavy atom. The number of nitrogen functional groups attached to an aromatic ring is 1. The van der Waals surface area contributed by atoms with Crippen LogP contribution >= 0.6 is 11.3 Å². The summed E-state index contributed by atoms with van der Waals surface area (Å²) >= 11 is 1.33. The van der Waals surface area contributed by atoms with Gasteiger partial charge in [-0.3, -0.25) is 9.59 Å². The van der Waals surface area contributed by atoms with Gasteiger partial charge in [-0.05, 0) is 26.0 Å². The highest BCUT2D eigenvalue weighted by atomic mass is 32.1. The maximum absolute atomic E-state index is 12.2. The summed E-state index contributed by atoms with van der Waals surface area (Å²) in [6.45, 7) is 3.61. The molecule has 2 amide bonds. The molecule has 0 fully saturated rings. The molecule has 2 rings (SSSR count). The molecule has 1 atom stereocenters. The average Bonchev–Trinajstić information content (AvgIpc) is 2.75. The minimum absolute atomic E-state index is 0.242. The van der Waals surface area contributed by atoms with Gasteiger partial charge < -0.3 is 16.4 Å². The Bertz CT molecular complexity index is 678. The number of fused-ring (bicyclic) bond motifs is 1. The van der Waals surface area contributed by atoms with Gasteiger partial charge in [-0.1, -0.05) is 11.6 Å². The van der Waals surface area contributed by atoms with Crippen molar-refractivity contribution in [1.82, 2.24) is 10.6 Å². The maximum atomic E-state index is 12.2. The summed E-state index contributed by atoms with van der Waals surface area (Å²) in [5.74, 6) is -0.564. The molecule has 1 aromatic carbocycles.